The van der Waals surface area contributed by atoms with Gasteiger partial charge in [0.1, 0.15) is 11.5 Å². The van der Waals surface area contributed by atoms with Gasteiger partial charge < -0.3 is 10.0 Å². The number of aliphatic hydroxyl groups is 1. The third kappa shape index (κ3) is 4.49. The fourth-order valence-corrected chi connectivity index (χ4v) is 4.11. The predicted octanol–water partition coefficient (Wildman–Crippen LogP) is 2.37. The molecule has 0 aromatic heterocycles. The summed E-state index contributed by atoms with van der Waals surface area (Å²) in [5.41, 5.74) is 1.97. The van der Waals surface area contributed by atoms with Crippen LogP contribution in [0.25, 0.3) is 5.57 Å². The zero-order chi connectivity index (χ0) is 22.0. The first kappa shape index (κ1) is 21.5. The van der Waals surface area contributed by atoms with E-state index in [1.807, 2.05) is 4.90 Å². The van der Waals surface area contributed by atoms with Crippen molar-refractivity contribution in [3.05, 3.63) is 76.2 Å². The van der Waals surface area contributed by atoms with Crippen LogP contribution in [0.1, 0.15) is 11.1 Å². The van der Waals surface area contributed by atoms with Gasteiger partial charge >= 0.3 is 0 Å². The molecule has 2 aliphatic heterocycles. The van der Waals surface area contributed by atoms with E-state index >= 15 is 0 Å². The van der Waals surface area contributed by atoms with Crippen LogP contribution < -0.4 is 0 Å². The Morgan fingerprint density at radius 2 is 1.55 bits per heavy atom. The highest BCUT2D eigenvalue weighted by Crippen LogP contribution is 2.33. The number of amides is 2. The predicted molar refractivity (Wildman–Crippen MR) is 115 cm³/mol. The molecule has 1 N–H and O–H groups in total. The molecule has 0 atom stereocenters. The van der Waals surface area contributed by atoms with E-state index in [9.17, 15) is 14.0 Å². The first-order chi connectivity index (χ1) is 15.0. The molecule has 162 valence electrons. The number of nitrogens with zero attached hydrogens (tertiary/aromatic N) is 3. The lowest BCUT2D eigenvalue weighted by molar-refractivity contribution is -0.138. The molecule has 0 radical (unpaired) electrons. The van der Waals surface area contributed by atoms with E-state index in [-0.39, 0.29) is 25.0 Å². The second kappa shape index (κ2) is 9.18. The van der Waals surface area contributed by atoms with E-state index in [4.69, 9.17) is 16.7 Å². The van der Waals surface area contributed by atoms with Crippen molar-refractivity contribution in [3.63, 3.8) is 0 Å². The molecule has 0 aliphatic carbocycles. The molecule has 31 heavy (non-hydrogen) atoms. The van der Waals surface area contributed by atoms with Crippen molar-refractivity contribution in [2.45, 2.75) is 6.54 Å². The molecule has 2 aliphatic rings. The summed E-state index contributed by atoms with van der Waals surface area (Å²) < 4.78 is 13.5. The van der Waals surface area contributed by atoms with E-state index in [1.54, 1.807) is 24.3 Å². The van der Waals surface area contributed by atoms with Gasteiger partial charge in [-0.2, -0.15) is 0 Å². The summed E-state index contributed by atoms with van der Waals surface area (Å²) in [6, 6.07) is 12.7. The molecule has 2 aromatic carbocycles. The average molecular weight is 444 g/mol. The number of aliphatic hydroxyl groups excluding tert-OH is 1. The number of β-amino-alcohol motifs (C(OH)–C–C–N with tert-alkyl or cyclic N) is 1. The number of hydrogen-bond acceptors (Lipinski definition) is 5. The Hall–Kier alpha value is -2.74. The molecule has 0 bridgehead atoms. The van der Waals surface area contributed by atoms with E-state index in [2.05, 4.69) is 4.90 Å². The highest BCUT2D eigenvalue weighted by Gasteiger charge is 2.42. The summed E-state index contributed by atoms with van der Waals surface area (Å²) >= 11 is 5.95. The van der Waals surface area contributed by atoms with Gasteiger partial charge in [-0.1, -0.05) is 35.9 Å². The first-order valence-electron chi connectivity index (χ1n) is 10.2. The average Bonchev–Trinajstić information content (AvgIpc) is 3.01. The van der Waals surface area contributed by atoms with Gasteiger partial charge in [-0.15, -0.1) is 0 Å². The van der Waals surface area contributed by atoms with E-state index in [1.165, 1.54) is 29.2 Å². The van der Waals surface area contributed by atoms with Crippen molar-refractivity contribution in [1.82, 2.24) is 14.7 Å². The van der Waals surface area contributed by atoms with Gasteiger partial charge in [0.15, 0.2) is 0 Å². The first-order valence-corrected chi connectivity index (χ1v) is 10.5. The van der Waals surface area contributed by atoms with Gasteiger partial charge in [-0.3, -0.25) is 19.4 Å². The fraction of sp³-hybridized carbons (Fsp3) is 0.304. The Kier molecular flexibility index (Phi) is 6.36. The largest absolute Gasteiger partial charge is 0.395 e. The third-order valence-electron chi connectivity index (χ3n) is 5.64. The molecule has 0 unspecified atom stereocenters. The normalized spacial score (nSPS) is 17.8. The Balaban J connectivity index is 1.66. The number of imide groups is 1. The van der Waals surface area contributed by atoms with Gasteiger partial charge in [0.2, 0.25) is 0 Å². The quantitative estimate of drug-likeness (QED) is 0.694. The maximum atomic E-state index is 13.5. The van der Waals surface area contributed by atoms with Crippen molar-refractivity contribution in [2.75, 3.05) is 39.3 Å². The number of benzene rings is 2. The van der Waals surface area contributed by atoms with Crippen LogP contribution in [-0.2, 0) is 16.1 Å². The van der Waals surface area contributed by atoms with E-state index in [0.717, 1.165) is 5.56 Å². The molecular weight excluding hydrogens is 421 g/mol. The van der Waals surface area contributed by atoms with Crippen LogP contribution in [0, 0.1) is 5.82 Å². The maximum absolute atomic E-state index is 13.5. The van der Waals surface area contributed by atoms with Crippen LogP contribution in [0.4, 0.5) is 4.39 Å². The van der Waals surface area contributed by atoms with Crippen LogP contribution in [0.2, 0.25) is 5.02 Å². The summed E-state index contributed by atoms with van der Waals surface area (Å²) in [6.45, 7) is 3.27. The van der Waals surface area contributed by atoms with Crippen molar-refractivity contribution >= 4 is 29.0 Å². The second-order valence-corrected chi connectivity index (χ2v) is 8.04. The van der Waals surface area contributed by atoms with Gasteiger partial charge in [0.05, 0.1) is 18.7 Å². The van der Waals surface area contributed by atoms with Gasteiger partial charge in [0.25, 0.3) is 11.8 Å². The summed E-state index contributed by atoms with van der Waals surface area (Å²) in [5.74, 6) is -1.15. The number of rotatable bonds is 6. The van der Waals surface area contributed by atoms with Crippen LogP contribution in [0.15, 0.2) is 54.2 Å². The lowest BCUT2D eigenvalue weighted by Gasteiger charge is -2.36. The number of carbonyl (C=O) groups excluding carboxylic acids is 2. The van der Waals surface area contributed by atoms with Crippen LogP contribution in [0.5, 0.6) is 0 Å². The molecule has 4 rings (SSSR count). The topological polar surface area (TPSA) is 64.1 Å². The minimum absolute atomic E-state index is 0.0792. The number of piperazine rings is 1. The fourth-order valence-electron chi connectivity index (χ4n) is 3.99. The van der Waals surface area contributed by atoms with Crippen molar-refractivity contribution in [1.29, 1.82) is 0 Å². The zero-order valence-corrected chi connectivity index (χ0v) is 17.7. The molecule has 8 heteroatoms. The molecule has 1 saturated heterocycles. The Labute approximate surface area is 185 Å². The molecule has 0 saturated carbocycles. The molecular formula is C23H23ClFN3O3. The number of carbonyl (C=O) groups is 2. The monoisotopic (exact) mass is 443 g/mol. The van der Waals surface area contributed by atoms with Crippen LogP contribution >= 0.6 is 11.6 Å². The highest BCUT2D eigenvalue weighted by atomic mass is 35.5. The number of hydrogen-bond donors (Lipinski definition) is 1. The summed E-state index contributed by atoms with van der Waals surface area (Å²) in [6.07, 6.45) is 0. The van der Waals surface area contributed by atoms with Gasteiger partial charge in [-0.25, -0.2) is 4.39 Å². The van der Waals surface area contributed by atoms with E-state index < -0.39 is 5.82 Å². The van der Waals surface area contributed by atoms with Crippen molar-refractivity contribution < 1.29 is 19.1 Å². The minimum Gasteiger partial charge on any atom is -0.395 e. The molecule has 1 fully saturated rings. The molecule has 2 heterocycles. The molecule has 6 nitrogen and oxygen atoms in total. The van der Waals surface area contributed by atoms with Crippen LogP contribution in [-0.4, -0.2) is 71.0 Å². The minimum atomic E-state index is -0.404. The Morgan fingerprint density at radius 3 is 2.16 bits per heavy atom. The van der Waals surface area contributed by atoms with Gasteiger partial charge in [-0.05, 0) is 35.4 Å². The standard InChI is InChI=1S/C23H23ClFN3O3/c24-18-5-1-16(2-6-18)15-28-22(30)20(17-3-7-19(25)8-4-17)21(23(28)31)27-11-9-26(10-12-27)13-14-29/h1-8,29H,9-15H2. The Bertz CT molecular complexity index is 1000. The SMILES string of the molecule is O=C1C(c2ccc(F)cc2)=C(N2CCN(CCO)CC2)C(=O)N1Cc1ccc(Cl)cc1. The maximum Gasteiger partial charge on any atom is 0.278 e. The van der Waals surface area contributed by atoms with Crippen molar-refractivity contribution in [3.8, 4) is 0 Å². The summed E-state index contributed by atoms with van der Waals surface area (Å²) in [5, 5.41) is 9.75. The molecule has 0 spiro atoms. The second-order valence-electron chi connectivity index (χ2n) is 7.61. The number of halogens is 2. The van der Waals surface area contributed by atoms with Crippen molar-refractivity contribution in [2.24, 2.45) is 0 Å². The smallest absolute Gasteiger partial charge is 0.278 e. The van der Waals surface area contributed by atoms with E-state index in [0.29, 0.717) is 54.6 Å². The molecule has 2 aromatic rings. The van der Waals surface area contributed by atoms with Crippen LogP contribution in [0.3, 0.4) is 0 Å². The summed E-state index contributed by atoms with van der Waals surface area (Å²) in [7, 11) is 0. The zero-order valence-electron chi connectivity index (χ0n) is 16.9. The summed E-state index contributed by atoms with van der Waals surface area (Å²) in [4.78, 5) is 32.0. The lowest BCUT2D eigenvalue weighted by atomic mass is 10.0. The van der Waals surface area contributed by atoms with Gasteiger partial charge in [0, 0.05) is 37.7 Å². The highest BCUT2D eigenvalue weighted by molar-refractivity contribution is 6.35. The Morgan fingerprint density at radius 1 is 0.903 bits per heavy atom. The lowest BCUT2D eigenvalue weighted by Crippen LogP contribution is -2.48. The third-order valence-corrected chi connectivity index (χ3v) is 5.89. The molecule has 2 amide bonds.